The predicted molar refractivity (Wildman–Crippen MR) is 86.2 cm³/mol. The lowest BCUT2D eigenvalue weighted by molar-refractivity contribution is -0.359. The molecule has 10 atom stereocenters. The van der Waals surface area contributed by atoms with Crippen molar-refractivity contribution >= 4 is 12.6 Å². The number of hydrogen-bond donors (Lipinski definition) is 8. The first-order valence-corrected chi connectivity index (χ1v) is 8.79. The van der Waals surface area contributed by atoms with Gasteiger partial charge in [-0.3, -0.25) is 0 Å². The Hall–Kier alpha value is -0.0900. The van der Waals surface area contributed by atoms with E-state index in [1.165, 1.54) is 0 Å². The third-order valence-electron chi connectivity index (χ3n) is 4.33. The summed E-state index contributed by atoms with van der Waals surface area (Å²) in [7, 11) is 0. The second kappa shape index (κ2) is 9.91. The molecule has 0 spiro atoms. The summed E-state index contributed by atoms with van der Waals surface area (Å²) in [5, 5.41) is 68.7. The first-order valence-electron chi connectivity index (χ1n) is 8.16. The molecule has 154 valence electrons. The normalized spacial score (nSPS) is 47.1. The van der Waals surface area contributed by atoms with Crippen molar-refractivity contribution in [2.24, 2.45) is 0 Å². The minimum absolute atomic E-state index is 0.133. The van der Waals surface area contributed by atoms with Gasteiger partial charge in [0.15, 0.2) is 12.6 Å². The van der Waals surface area contributed by atoms with E-state index in [1.807, 2.05) is 0 Å². The van der Waals surface area contributed by atoms with Crippen LogP contribution >= 0.6 is 12.6 Å². The summed E-state index contributed by atoms with van der Waals surface area (Å²) in [6, 6.07) is 0. The smallest absolute Gasteiger partial charge is 0.187 e. The molecule has 0 aromatic carbocycles. The van der Waals surface area contributed by atoms with Crippen LogP contribution in [-0.2, 0) is 18.9 Å². The van der Waals surface area contributed by atoms with E-state index in [2.05, 4.69) is 12.6 Å². The molecular formula is C14H26O11S. The molecule has 12 heteroatoms. The topological polar surface area (TPSA) is 179 Å². The van der Waals surface area contributed by atoms with E-state index in [1.54, 1.807) is 0 Å². The number of rotatable bonds is 7. The Labute approximate surface area is 155 Å². The summed E-state index contributed by atoms with van der Waals surface area (Å²) in [6.45, 7) is -1.12. The van der Waals surface area contributed by atoms with E-state index in [-0.39, 0.29) is 6.61 Å². The molecule has 2 rings (SSSR count). The van der Waals surface area contributed by atoms with E-state index in [0.717, 1.165) is 0 Å². The van der Waals surface area contributed by atoms with Gasteiger partial charge in [0.1, 0.15) is 48.8 Å². The highest BCUT2D eigenvalue weighted by Gasteiger charge is 2.50. The average molecular weight is 402 g/mol. The molecule has 0 amide bonds. The first kappa shape index (κ1) is 22.2. The van der Waals surface area contributed by atoms with Crippen LogP contribution in [0.2, 0.25) is 0 Å². The molecule has 2 saturated heterocycles. The quantitative estimate of drug-likeness (QED) is 0.193. The lowest BCUT2D eigenvalue weighted by atomic mass is 9.97. The van der Waals surface area contributed by atoms with Gasteiger partial charge >= 0.3 is 0 Å². The predicted octanol–water partition coefficient (Wildman–Crippen LogP) is -4.44. The molecule has 2 aliphatic rings. The van der Waals surface area contributed by atoms with E-state index >= 15 is 0 Å². The van der Waals surface area contributed by atoms with E-state index < -0.39 is 74.6 Å². The Balaban J connectivity index is 2.09. The average Bonchev–Trinajstić information content (AvgIpc) is 2.64. The van der Waals surface area contributed by atoms with Crippen molar-refractivity contribution in [2.45, 2.75) is 61.4 Å². The second-order valence-electron chi connectivity index (χ2n) is 6.10. The second-order valence-corrected chi connectivity index (χ2v) is 6.55. The summed E-state index contributed by atoms with van der Waals surface area (Å²) in [5.41, 5.74) is 0. The maximum atomic E-state index is 10.3. The van der Waals surface area contributed by atoms with Gasteiger partial charge in [-0.1, -0.05) is 0 Å². The van der Waals surface area contributed by atoms with Crippen molar-refractivity contribution in [1.82, 2.24) is 0 Å². The van der Waals surface area contributed by atoms with Crippen LogP contribution in [0.15, 0.2) is 0 Å². The summed E-state index contributed by atoms with van der Waals surface area (Å²) >= 11 is 3.96. The molecule has 2 aliphatic heterocycles. The highest BCUT2D eigenvalue weighted by molar-refractivity contribution is 7.80. The largest absolute Gasteiger partial charge is 0.394 e. The Kier molecular flexibility index (Phi) is 8.46. The van der Waals surface area contributed by atoms with Crippen molar-refractivity contribution in [1.29, 1.82) is 0 Å². The van der Waals surface area contributed by atoms with Gasteiger partial charge in [0.2, 0.25) is 0 Å². The summed E-state index contributed by atoms with van der Waals surface area (Å²) in [6.07, 6.45) is -14.5. The van der Waals surface area contributed by atoms with Crippen LogP contribution in [0.1, 0.15) is 0 Å². The van der Waals surface area contributed by atoms with Gasteiger partial charge < -0.3 is 54.7 Å². The molecule has 7 N–H and O–H groups in total. The number of hydrogen-bond acceptors (Lipinski definition) is 12. The number of ether oxygens (including phenoxy) is 4. The fraction of sp³-hybridized carbons (Fsp3) is 1.00. The highest BCUT2D eigenvalue weighted by atomic mass is 32.1. The van der Waals surface area contributed by atoms with Gasteiger partial charge in [0.05, 0.1) is 19.8 Å². The van der Waals surface area contributed by atoms with Crippen LogP contribution in [0.3, 0.4) is 0 Å². The molecule has 0 aromatic rings. The van der Waals surface area contributed by atoms with E-state index in [0.29, 0.717) is 5.75 Å². The van der Waals surface area contributed by atoms with Gasteiger partial charge in [0, 0.05) is 5.75 Å². The Morgan fingerprint density at radius 1 is 0.731 bits per heavy atom. The fourth-order valence-electron chi connectivity index (χ4n) is 2.86. The zero-order valence-electron chi connectivity index (χ0n) is 13.8. The molecule has 0 radical (unpaired) electrons. The first-order chi connectivity index (χ1) is 12.3. The number of aliphatic hydroxyl groups is 7. The molecule has 0 aromatic heterocycles. The fourth-order valence-corrected chi connectivity index (χ4v) is 2.97. The van der Waals surface area contributed by atoms with Gasteiger partial charge in [-0.25, -0.2) is 0 Å². The minimum atomic E-state index is -1.70. The molecule has 2 heterocycles. The van der Waals surface area contributed by atoms with Crippen molar-refractivity contribution < 1.29 is 54.7 Å². The number of thiol groups is 1. The van der Waals surface area contributed by atoms with Crippen molar-refractivity contribution in [3.05, 3.63) is 0 Å². The maximum absolute atomic E-state index is 10.3. The zero-order chi connectivity index (χ0) is 19.4. The van der Waals surface area contributed by atoms with Gasteiger partial charge in [-0.2, -0.15) is 12.6 Å². The van der Waals surface area contributed by atoms with Crippen LogP contribution in [-0.4, -0.2) is 123 Å². The highest BCUT2D eigenvalue weighted by Crippen LogP contribution is 2.29. The van der Waals surface area contributed by atoms with Crippen LogP contribution in [0.5, 0.6) is 0 Å². The molecule has 26 heavy (non-hydrogen) atoms. The van der Waals surface area contributed by atoms with Crippen molar-refractivity contribution in [3.8, 4) is 0 Å². The van der Waals surface area contributed by atoms with Crippen LogP contribution in [0.25, 0.3) is 0 Å². The van der Waals surface area contributed by atoms with Crippen LogP contribution in [0.4, 0.5) is 0 Å². The van der Waals surface area contributed by atoms with Crippen LogP contribution in [0, 0.1) is 0 Å². The van der Waals surface area contributed by atoms with Gasteiger partial charge in [-0.15, -0.1) is 0 Å². The van der Waals surface area contributed by atoms with E-state index in [4.69, 9.17) is 18.9 Å². The molecule has 2 fully saturated rings. The lowest BCUT2D eigenvalue weighted by Gasteiger charge is -2.45. The summed E-state index contributed by atoms with van der Waals surface area (Å²) in [5.74, 6) is 0.345. The Bertz CT molecular complexity index is 426. The van der Waals surface area contributed by atoms with Crippen LogP contribution < -0.4 is 0 Å². The third kappa shape index (κ3) is 4.66. The lowest BCUT2D eigenvalue weighted by Crippen LogP contribution is -2.64. The maximum Gasteiger partial charge on any atom is 0.187 e. The van der Waals surface area contributed by atoms with Crippen molar-refractivity contribution in [2.75, 3.05) is 25.6 Å². The number of aliphatic hydroxyl groups excluding tert-OH is 7. The standard InChI is InChI=1S/C14H26O11S/c15-3-5-7(17)8(18)10(20)14(23-5)25-12-6(4-16)24-13(22-1-2-26)11(21)9(12)19/h5-21,26H,1-4H2/t5?,6?,7-,8?,9?,10?,11-,12+,13+,14-/m0/s1. The third-order valence-corrected chi connectivity index (χ3v) is 4.52. The van der Waals surface area contributed by atoms with Crippen molar-refractivity contribution in [3.63, 3.8) is 0 Å². The minimum Gasteiger partial charge on any atom is -0.394 e. The molecule has 0 saturated carbocycles. The Morgan fingerprint density at radius 3 is 1.88 bits per heavy atom. The van der Waals surface area contributed by atoms with Gasteiger partial charge in [-0.05, 0) is 0 Å². The summed E-state index contributed by atoms with van der Waals surface area (Å²) < 4.78 is 21.2. The zero-order valence-corrected chi connectivity index (χ0v) is 14.7. The molecule has 11 nitrogen and oxygen atoms in total. The molecule has 0 bridgehead atoms. The molecular weight excluding hydrogens is 376 g/mol. The molecule has 0 aliphatic carbocycles. The molecule has 5 unspecified atom stereocenters. The van der Waals surface area contributed by atoms with Gasteiger partial charge in [0.25, 0.3) is 0 Å². The Morgan fingerprint density at radius 2 is 1.31 bits per heavy atom. The van der Waals surface area contributed by atoms with E-state index in [9.17, 15) is 35.7 Å². The SMILES string of the molecule is OCC1O[C@@H](O[C@@H]2C(CO)O[C@@H](OCCS)[C@@H](O)C2O)C(O)C(O)[C@H]1O. The monoisotopic (exact) mass is 402 g/mol. The summed E-state index contributed by atoms with van der Waals surface area (Å²) in [4.78, 5) is 0.